The van der Waals surface area contributed by atoms with E-state index in [4.69, 9.17) is 0 Å². The summed E-state index contributed by atoms with van der Waals surface area (Å²) in [6, 6.07) is 3.32. The maximum atomic E-state index is 11.3. The summed E-state index contributed by atoms with van der Waals surface area (Å²) in [6.45, 7) is 2.12. The molecular weight excluding hydrogens is 164 g/mol. The number of aromatic nitrogens is 1. The maximum absolute atomic E-state index is 11.3. The van der Waals surface area contributed by atoms with Crippen LogP contribution in [0.15, 0.2) is 24.5 Å². The van der Waals surface area contributed by atoms with Gasteiger partial charge >= 0.3 is 0 Å². The van der Waals surface area contributed by atoms with E-state index in [1.165, 1.54) is 0 Å². The number of carbonyl (C=O) groups is 1. The van der Waals surface area contributed by atoms with Gasteiger partial charge in [0, 0.05) is 18.0 Å². The van der Waals surface area contributed by atoms with Crippen molar-refractivity contribution in [1.82, 2.24) is 10.3 Å². The monoisotopic (exact) mass is 174 g/mol. The zero-order chi connectivity index (χ0) is 9.52. The average Bonchev–Trinajstić information content (AvgIpc) is 2.19. The highest BCUT2D eigenvalue weighted by Crippen LogP contribution is 1.94. The Bertz CT molecular complexity index is 335. The van der Waals surface area contributed by atoms with Crippen molar-refractivity contribution in [3.05, 3.63) is 30.1 Å². The lowest BCUT2D eigenvalue weighted by Crippen LogP contribution is -2.23. The number of pyridine rings is 1. The van der Waals surface area contributed by atoms with Gasteiger partial charge in [-0.2, -0.15) is 0 Å². The summed E-state index contributed by atoms with van der Waals surface area (Å²) in [5.74, 6) is 5.33. The van der Waals surface area contributed by atoms with Gasteiger partial charge in [-0.1, -0.05) is 5.92 Å². The summed E-state index contributed by atoms with van der Waals surface area (Å²) in [5.41, 5.74) is 0.605. The lowest BCUT2D eigenvalue weighted by Gasteiger charge is -1.99. The molecule has 1 rings (SSSR count). The second-order valence-corrected chi connectivity index (χ2v) is 2.35. The molecule has 66 valence electrons. The summed E-state index contributed by atoms with van der Waals surface area (Å²) in [5, 5.41) is 2.66. The van der Waals surface area contributed by atoms with Gasteiger partial charge in [0.2, 0.25) is 0 Å². The number of carbonyl (C=O) groups excluding carboxylic acids is 1. The molecule has 0 saturated heterocycles. The molecule has 3 heteroatoms. The number of hydrogen-bond acceptors (Lipinski definition) is 2. The maximum Gasteiger partial charge on any atom is 0.252 e. The molecule has 0 aromatic carbocycles. The van der Waals surface area contributed by atoms with Crippen LogP contribution in [-0.2, 0) is 0 Å². The summed E-state index contributed by atoms with van der Waals surface area (Å²) in [7, 11) is 0. The van der Waals surface area contributed by atoms with E-state index in [1.807, 2.05) is 0 Å². The largest absolute Gasteiger partial charge is 0.341 e. The zero-order valence-electron chi connectivity index (χ0n) is 7.37. The van der Waals surface area contributed by atoms with E-state index >= 15 is 0 Å². The van der Waals surface area contributed by atoms with Crippen molar-refractivity contribution >= 4 is 5.91 Å². The molecule has 0 bridgehead atoms. The van der Waals surface area contributed by atoms with Gasteiger partial charge in [0.1, 0.15) is 0 Å². The molecule has 1 aromatic rings. The fourth-order valence-electron chi connectivity index (χ4n) is 0.818. The van der Waals surface area contributed by atoms with Crippen molar-refractivity contribution in [3.8, 4) is 11.8 Å². The minimum Gasteiger partial charge on any atom is -0.341 e. The molecule has 0 saturated carbocycles. The van der Waals surface area contributed by atoms with Crippen LogP contribution in [0.2, 0.25) is 0 Å². The Morgan fingerprint density at radius 3 is 2.85 bits per heavy atom. The number of amides is 1. The fraction of sp³-hybridized carbons (Fsp3) is 0.200. The second kappa shape index (κ2) is 4.94. The lowest BCUT2D eigenvalue weighted by molar-refractivity contribution is 0.0958. The molecule has 0 unspecified atom stereocenters. The molecule has 0 aliphatic rings. The van der Waals surface area contributed by atoms with Crippen molar-refractivity contribution < 1.29 is 4.79 Å². The first-order valence-corrected chi connectivity index (χ1v) is 3.92. The van der Waals surface area contributed by atoms with Gasteiger partial charge in [-0.25, -0.2) is 0 Å². The SMILES string of the molecule is CC#CCNC(=O)c1ccncc1. The summed E-state index contributed by atoms with van der Waals surface area (Å²) in [4.78, 5) is 15.1. The predicted octanol–water partition coefficient (Wildman–Crippen LogP) is 0.835. The van der Waals surface area contributed by atoms with E-state index in [9.17, 15) is 4.79 Å². The molecule has 1 aromatic heterocycles. The van der Waals surface area contributed by atoms with E-state index in [0.717, 1.165) is 0 Å². The van der Waals surface area contributed by atoms with Gasteiger partial charge in [0.25, 0.3) is 5.91 Å². The minimum absolute atomic E-state index is 0.120. The molecule has 0 aliphatic carbocycles. The molecule has 0 aliphatic heterocycles. The summed E-state index contributed by atoms with van der Waals surface area (Å²) < 4.78 is 0. The lowest BCUT2D eigenvalue weighted by atomic mass is 10.2. The average molecular weight is 174 g/mol. The molecule has 0 spiro atoms. The quantitative estimate of drug-likeness (QED) is 0.675. The fourth-order valence-corrected chi connectivity index (χ4v) is 0.818. The second-order valence-electron chi connectivity index (χ2n) is 2.35. The molecular formula is C10H10N2O. The highest BCUT2D eigenvalue weighted by Gasteiger charge is 2.01. The van der Waals surface area contributed by atoms with E-state index in [1.54, 1.807) is 31.5 Å². The zero-order valence-corrected chi connectivity index (χ0v) is 7.37. The van der Waals surface area contributed by atoms with E-state index in [2.05, 4.69) is 22.1 Å². The van der Waals surface area contributed by atoms with Crippen molar-refractivity contribution in [2.24, 2.45) is 0 Å². The molecule has 0 fully saturated rings. The number of rotatable bonds is 2. The molecule has 1 N–H and O–H groups in total. The van der Waals surface area contributed by atoms with Crippen molar-refractivity contribution in [2.45, 2.75) is 6.92 Å². The first-order valence-electron chi connectivity index (χ1n) is 3.92. The Morgan fingerprint density at radius 2 is 2.23 bits per heavy atom. The van der Waals surface area contributed by atoms with Crippen LogP contribution < -0.4 is 5.32 Å². The number of nitrogens with zero attached hydrogens (tertiary/aromatic N) is 1. The van der Waals surface area contributed by atoms with E-state index in [0.29, 0.717) is 12.1 Å². The number of hydrogen-bond donors (Lipinski definition) is 1. The predicted molar refractivity (Wildman–Crippen MR) is 50.0 cm³/mol. The first kappa shape index (κ1) is 9.27. The molecule has 1 amide bonds. The van der Waals surface area contributed by atoms with Crippen LogP contribution in [0.4, 0.5) is 0 Å². The standard InChI is InChI=1S/C10H10N2O/c1-2-3-6-12-10(13)9-4-7-11-8-5-9/h4-5,7-8H,6H2,1H3,(H,12,13). The van der Waals surface area contributed by atoms with Crippen molar-refractivity contribution in [2.75, 3.05) is 6.54 Å². The molecule has 1 heterocycles. The van der Waals surface area contributed by atoms with Gasteiger partial charge in [0.15, 0.2) is 0 Å². The Hall–Kier alpha value is -1.82. The van der Waals surface area contributed by atoms with E-state index < -0.39 is 0 Å². The Kier molecular flexibility index (Phi) is 3.52. The third-order valence-corrected chi connectivity index (χ3v) is 1.46. The van der Waals surface area contributed by atoms with Crippen LogP contribution in [0.1, 0.15) is 17.3 Å². The summed E-state index contributed by atoms with van der Waals surface area (Å²) >= 11 is 0. The highest BCUT2D eigenvalue weighted by molar-refractivity contribution is 5.94. The van der Waals surface area contributed by atoms with Gasteiger partial charge in [0.05, 0.1) is 6.54 Å². The summed E-state index contributed by atoms with van der Waals surface area (Å²) in [6.07, 6.45) is 3.17. The van der Waals surface area contributed by atoms with Crippen LogP contribution in [-0.4, -0.2) is 17.4 Å². The van der Waals surface area contributed by atoms with Gasteiger partial charge in [-0.3, -0.25) is 9.78 Å². The molecule has 0 radical (unpaired) electrons. The molecule has 3 nitrogen and oxygen atoms in total. The van der Waals surface area contributed by atoms with Gasteiger partial charge < -0.3 is 5.32 Å². The molecule has 0 atom stereocenters. The smallest absolute Gasteiger partial charge is 0.252 e. The van der Waals surface area contributed by atoms with Crippen molar-refractivity contribution in [3.63, 3.8) is 0 Å². The third-order valence-electron chi connectivity index (χ3n) is 1.46. The Balaban J connectivity index is 2.53. The van der Waals surface area contributed by atoms with Crippen molar-refractivity contribution in [1.29, 1.82) is 0 Å². The minimum atomic E-state index is -0.120. The van der Waals surface area contributed by atoms with E-state index in [-0.39, 0.29) is 5.91 Å². The third kappa shape index (κ3) is 2.96. The van der Waals surface area contributed by atoms with Crippen LogP contribution in [0.3, 0.4) is 0 Å². The topological polar surface area (TPSA) is 42.0 Å². The molecule has 13 heavy (non-hydrogen) atoms. The Morgan fingerprint density at radius 1 is 1.54 bits per heavy atom. The first-order chi connectivity index (χ1) is 6.34. The number of nitrogens with one attached hydrogen (secondary N) is 1. The van der Waals surface area contributed by atoms with Crippen LogP contribution >= 0.6 is 0 Å². The Labute approximate surface area is 77.2 Å². The highest BCUT2D eigenvalue weighted by atomic mass is 16.1. The van der Waals surface area contributed by atoms with Crippen LogP contribution in [0, 0.1) is 11.8 Å². The van der Waals surface area contributed by atoms with Crippen LogP contribution in [0.5, 0.6) is 0 Å². The van der Waals surface area contributed by atoms with Crippen LogP contribution in [0.25, 0.3) is 0 Å². The van der Waals surface area contributed by atoms with Gasteiger partial charge in [-0.05, 0) is 19.1 Å². The van der Waals surface area contributed by atoms with Gasteiger partial charge in [-0.15, -0.1) is 5.92 Å². The normalized spacial score (nSPS) is 8.38.